The van der Waals surface area contributed by atoms with E-state index in [2.05, 4.69) is 6.58 Å². The first-order chi connectivity index (χ1) is 6.11. The van der Waals surface area contributed by atoms with Crippen LogP contribution in [0.2, 0.25) is 0 Å². The van der Waals surface area contributed by atoms with Crippen molar-refractivity contribution in [3.05, 3.63) is 36.4 Å². The first-order valence-corrected chi connectivity index (χ1v) is 4.97. The van der Waals surface area contributed by atoms with Gasteiger partial charge in [-0.05, 0) is 11.6 Å². The molecule has 5 heteroatoms. The summed E-state index contributed by atoms with van der Waals surface area (Å²) in [7, 11) is -3.81. The van der Waals surface area contributed by atoms with E-state index in [0.29, 0.717) is 5.56 Å². The largest absolute Gasteiger partial charge is 0.302 e. The molecule has 0 aliphatic carbocycles. The Labute approximate surface area is 76.5 Å². The standard InChI is InChI=1S/C8H9NO3S/c1-2-7-5-3-4-6-8(7)13(11,12)9-10/h2-6,9-10H,1H2. The van der Waals surface area contributed by atoms with E-state index in [1.54, 1.807) is 18.2 Å². The van der Waals surface area contributed by atoms with Gasteiger partial charge in [-0.2, -0.15) is 0 Å². The van der Waals surface area contributed by atoms with Crippen molar-refractivity contribution in [2.45, 2.75) is 4.90 Å². The van der Waals surface area contributed by atoms with Crippen molar-refractivity contribution in [3.8, 4) is 0 Å². The first-order valence-electron chi connectivity index (χ1n) is 3.49. The van der Waals surface area contributed by atoms with Crippen LogP contribution >= 0.6 is 0 Å². The number of hydrogen-bond donors (Lipinski definition) is 2. The highest BCUT2D eigenvalue weighted by Gasteiger charge is 2.14. The van der Waals surface area contributed by atoms with Gasteiger partial charge in [-0.25, -0.2) is 8.42 Å². The molecular formula is C8H9NO3S. The summed E-state index contributed by atoms with van der Waals surface area (Å²) in [5.74, 6) is 0. The second-order valence-electron chi connectivity index (χ2n) is 2.34. The first kappa shape index (κ1) is 9.91. The van der Waals surface area contributed by atoms with Crippen LogP contribution in [-0.4, -0.2) is 13.6 Å². The van der Waals surface area contributed by atoms with E-state index in [1.807, 2.05) is 0 Å². The van der Waals surface area contributed by atoms with Crippen molar-refractivity contribution in [1.29, 1.82) is 0 Å². The molecule has 0 saturated carbocycles. The van der Waals surface area contributed by atoms with Crippen molar-refractivity contribution in [3.63, 3.8) is 0 Å². The summed E-state index contributed by atoms with van der Waals surface area (Å²) in [5.41, 5.74) is 0.448. The molecule has 0 aliphatic heterocycles. The SMILES string of the molecule is C=Cc1ccccc1S(=O)(=O)NO. The lowest BCUT2D eigenvalue weighted by atomic mass is 10.2. The summed E-state index contributed by atoms with van der Waals surface area (Å²) in [4.78, 5) is 1.26. The smallest absolute Gasteiger partial charge is 0.262 e. The normalized spacial score (nSPS) is 11.2. The number of benzene rings is 1. The third kappa shape index (κ3) is 1.95. The van der Waals surface area contributed by atoms with E-state index in [9.17, 15) is 8.42 Å². The summed E-state index contributed by atoms with van der Waals surface area (Å²) in [6.45, 7) is 3.47. The maximum atomic E-state index is 11.2. The highest BCUT2D eigenvalue weighted by atomic mass is 32.2. The Morgan fingerprint density at radius 1 is 1.38 bits per heavy atom. The Kier molecular flexibility index (Phi) is 2.82. The van der Waals surface area contributed by atoms with Crippen LogP contribution in [0.15, 0.2) is 35.7 Å². The number of hydrogen-bond acceptors (Lipinski definition) is 3. The van der Waals surface area contributed by atoms with Crippen LogP contribution in [0.25, 0.3) is 6.08 Å². The molecule has 1 rings (SSSR count). The van der Waals surface area contributed by atoms with E-state index in [1.165, 1.54) is 17.0 Å². The maximum Gasteiger partial charge on any atom is 0.262 e. The van der Waals surface area contributed by atoms with Crippen LogP contribution in [-0.2, 0) is 10.0 Å². The topological polar surface area (TPSA) is 66.4 Å². The monoisotopic (exact) mass is 199 g/mol. The third-order valence-electron chi connectivity index (χ3n) is 1.55. The molecule has 2 N–H and O–H groups in total. The molecule has 0 amide bonds. The van der Waals surface area contributed by atoms with E-state index >= 15 is 0 Å². The molecule has 0 aliphatic rings. The molecule has 0 bridgehead atoms. The Morgan fingerprint density at radius 3 is 2.54 bits per heavy atom. The molecule has 70 valence electrons. The van der Waals surface area contributed by atoms with Crippen molar-refractivity contribution in [2.24, 2.45) is 0 Å². The zero-order valence-corrected chi connectivity index (χ0v) is 7.58. The van der Waals surface area contributed by atoms with Gasteiger partial charge in [0, 0.05) is 0 Å². The van der Waals surface area contributed by atoms with Gasteiger partial charge >= 0.3 is 0 Å². The van der Waals surface area contributed by atoms with Crippen molar-refractivity contribution < 1.29 is 13.6 Å². The Balaban J connectivity index is 3.37. The summed E-state index contributed by atoms with van der Waals surface area (Å²) in [5, 5.41) is 8.40. The maximum absolute atomic E-state index is 11.2. The highest BCUT2D eigenvalue weighted by Crippen LogP contribution is 2.15. The lowest BCUT2D eigenvalue weighted by Crippen LogP contribution is -2.20. The lowest BCUT2D eigenvalue weighted by molar-refractivity contribution is 0.242. The second-order valence-corrected chi connectivity index (χ2v) is 3.97. The molecule has 4 nitrogen and oxygen atoms in total. The quantitative estimate of drug-likeness (QED) is 0.713. The summed E-state index contributed by atoms with van der Waals surface area (Å²) in [6.07, 6.45) is 1.41. The molecule has 0 fully saturated rings. The zero-order chi connectivity index (χ0) is 9.90. The predicted octanol–water partition coefficient (Wildman–Crippen LogP) is 0.997. The Bertz CT molecular complexity index is 411. The molecule has 1 aromatic carbocycles. The Morgan fingerprint density at radius 2 is 2.00 bits per heavy atom. The summed E-state index contributed by atoms with van der Waals surface area (Å²) < 4.78 is 22.3. The fourth-order valence-electron chi connectivity index (χ4n) is 0.943. The predicted molar refractivity (Wildman–Crippen MR) is 48.6 cm³/mol. The van der Waals surface area contributed by atoms with Crippen LogP contribution < -0.4 is 4.89 Å². The summed E-state index contributed by atoms with van der Waals surface area (Å²) in [6, 6.07) is 6.23. The van der Waals surface area contributed by atoms with Crippen LogP contribution in [0.3, 0.4) is 0 Å². The van der Waals surface area contributed by atoms with Crippen LogP contribution in [0.1, 0.15) is 5.56 Å². The molecule has 13 heavy (non-hydrogen) atoms. The van der Waals surface area contributed by atoms with E-state index in [-0.39, 0.29) is 4.90 Å². The Hall–Kier alpha value is -1.17. The molecule has 0 saturated heterocycles. The van der Waals surface area contributed by atoms with Gasteiger partial charge in [-0.15, -0.1) is 0 Å². The van der Waals surface area contributed by atoms with Crippen molar-refractivity contribution in [2.75, 3.05) is 0 Å². The third-order valence-corrected chi connectivity index (χ3v) is 2.74. The molecule has 0 aromatic heterocycles. The van der Waals surface area contributed by atoms with Gasteiger partial charge in [0.05, 0.1) is 4.90 Å². The molecule has 1 aromatic rings. The van der Waals surface area contributed by atoms with Gasteiger partial charge in [0.15, 0.2) is 0 Å². The second kappa shape index (κ2) is 3.69. The minimum absolute atomic E-state index is 0.00694. The van der Waals surface area contributed by atoms with Crippen molar-refractivity contribution >= 4 is 16.1 Å². The molecular weight excluding hydrogens is 190 g/mol. The lowest BCUT2D eigenvalue weighted by Gasteiger charge is -2.04. The van der Waals surface area contributed by atoms with Gasteiger partial charge in [-0.3, -0.25) is 0 Å². The minimum atomic E-state index is -3.81. The molecule has 0 heterocycles. The average molecular weight is 199 g/mol. The zero-order valence-electron chi connectivity index (χ0n) is 6.77. The van der Waals surface area contributed by atoms with Crippen molar-refractivity contribution in [1.82, 2.24) is 4.89 Å². The van der Waals surface area contributed by atoms with Gasteiger partial charge < -0.3 is 5.21 Å². The van der Waals surface area contributed by atoms with Gasteiger partial charge in [-0.1, -0.05) is 35.7 Å². The summed E-state index contributed by atoms with van der Waals surface area (Å²) >= 11 is 0. The number of rotatable bonds is 3. The van der Waals surface area contributed by atoms with Gasteiger partial charge in [0.25, 0.3) is 10.0 Å². The van der Waals surface area contributed by atoms with Crippen LogP contribution in [0, 0.1) is 0 Å². The molecule has 0 spiro atoms. The minimum Gasteiger partial charge on any atom is -0.302 e. The van der Waals surface area contributed by atoms with Gasteiger partial charge in [0.1, 0.15) is 0 Å². The molecule has 0 atom stereocenters. The van der Waals surface area contributed by atoms with E-state index in [4.69, 9.17) is 5.21 Å². The fourth-order valence-corrected chi connectivity index (χ4v) is 1.76. The van der Waals surface area contributed by atoms with Crippen LogP contribution in [0.5, 0.6) is 0 Å². The fraction of sp³-hybridized carbons (Fsp3) is 0. The number of nitrogens with one attached hydrogen (secondary N) is 1. The van der Waals surface area contributed by atoms with E-state index < -0.39 is 10.0 Å². The number of sulfonamides is 1. The highest BCUT2D eigenvalue weighted by molar-refractivity contribution is 7.89. The van der Waals surface area contributed by atoms with E-state index in [0.717, 1.165) is 0 Å². The van der Waals surface area contributed by atoms with Crippen LogP contribution in [0.4, 0.5) is 0 Å². The molecule has 0 unspecified atom stereocenters. The average Bonchev–Trinajstić information content (AvgIpc) is 2.18. The van der Waals surface area contributed by atoms with Gasteiger partial charge in [0.2, 0.25) is 0 Å². The molecule has 0 radical (unpaired) electrons.